The number of halogens is 1. The van der Waals surface area contributed by atoms with Crippen LogP contribution in [0.5, 0.6) is 0 Å². The number of ether oxygens (including phenoxy) is 1. The second-order valence-corrected chi connectivity index (χ2v) is 8.35. The summed E-state index contributed by atoms with van der Waals surface area (Å²) in [6.07, 6.45) is 0. The van der Waals surface area contributed by atoms with E-state index in [1.54, 1.807) is 42.5 Å². The molecule has 0 aliphatic carbocycles. The molecule has 0 saturated carbocycles. The molecule has 2 aromatic carbocycles. The van der Waals surface area contributed by atoms with Gasteiger partial charge >= 0.3 is 5.97 Å². The maximum Gasteiger partial charge on any atom is 0.331 e. The number of nitrogens with zero attached hydrogens (tertiary/aromatic N) is 1. The fourth-order valence-electron chi connectivity index (χ4n) is 2.59. The van der Waals surface area contributed by atoms with Crippen LogP contribution in [0.3, 0.4) is 0 Å². The van der Waals surface area contributed by atoms with Crippen molar-refractivity contribution in [2.45, 2.75) is 24.4 Å². The molecule has 29 heavy (non-hydrogen) atoms. The van der Waals surface area contributed by atoms with Gasteiger partial charge in [0.2, 0.25) is 0 Å². The molecule has 3 rings (SSSR count). The number of amides is 1. The summed E-state index contributed by atoms with van der Waals surface area (Å²) in [5, 5.41) is 3.22. The second kappa shape index (κ2) is 8.62. The number of carbonyl (C=O) groups excluding carboxylic acids is 2. The number of benzene rings is 2. The molecule has 0 saturated heterocycles. The van der Waals surface area contributed by atoms with Crippen molar-refractivity contribution in [2.75, 3.05) is 6.61 Å². The molecule has 0 unspecified atom stereocenters. The SMILES string of the molecule is C[C@@H](N=C1NS(=O)(=O)c2ccccc21)C(=O)OCC(=O)NCc1ccc(Cl)cc1. The van der Waals surface area contributed by atoms with Crippen LogP contribution in [0, 0.1) is 0 Å². The third kappa shape index (κ3) is 5.12. The normalized spacial score (nSPS) is 16.6. The van der Waals surface area contributed by atoms with Crippen LogP contribution in [0.4, 0.5) is 0 Å². The largest absolute Gasteiger partial charge is 0.454 e. The molecule has 8 nitrogen and oxygen atoms in total. The lowest BCUT2D eigenvalue weighted by molar-refractivity contribution is -0.149. The van der Waals surface area contributed by atoms with Gasteiger partial charge in [-0.25, -0.2) is 13.2 Å². The fraction of sp³-hybridized carbons (Fsp3) is 0.211. The molecule has 0 spiro atoms. The lowest BCUT2D eigenvalue weighted by atomic mass is 10.2. The van der Waals surface area contributed by atoms with Gasteiger partial charge in [0.05, 0.1) is 4.90 Å². The van der Waals surface area contributed by atoms with Gasteiger partial charge in [0.15, 0.2) is 6.61 Å². The third-order valence-corrected chi connectivity index (χ3v) is 5.72. The van der Waals surface area contributed by atoms with E-state index < -0.39 is 34.5 Å². The van der Waals surface area contributed by atoms with Gasteiger partial charge in [-0.05, 0) is 36.8 Å². The van der Waals surface area contributed by atoms with E-state index in [2.05, 4.69) is 15.0 Å². The van der Waals surface area contributed by atoms with Crippen LogP contribution in [0.15, 0.2) is 58.4 Å². The Kier molecular flexibility index (Phi) is 6.19. The molecule has 1 aliphatic heterocycles. The molecule has 0 bridgehead atoms. The first-order valence-corrected chi connectivity index (χ1v) is 10.5. The quantitative estimate of drug-likeness (QED) is 0.669. The number of carbonyl (C=O) groups is 2. The van der Waals surface area contributed by atoms with E-state index in [0.29, 0.717) is 10.6 Å². The molecular weight excluding hydrogens is 418 g/mol. The number of rotatable bonds is 6. The molecule has 0 radical (unpaired) electrons. The van der Waals surface area contributed by atoms with E-state index in [1.165, 1.54) is 13.0 Å². The summed E-state index contributed by atoms with van der Waals surface area (Å²) in [6.45, 7) is 1.25. The van der Waals surface area contributed by atoms with Crippen molar-refractivity contribution in [2.24, 2.45) is 4.99 Å². The highest BCUT2D eigenvalue weighted by Gasteiger charge is 2.31. The highest BCUT2D eigenvalue weighted by molar-refractivity contribution is 7.90. The Labute approximate surface area is 173 Å². The molecule has 1 heterocycles. The Morgan fingerprint density at radius 2 is 1.86 bits per heavy atom. The number of amidine groups is 1. The maximum absolute atomic E-state index is 12.1. The minimum Gasteiger partial charge on any atom is -0.454 e. The van der Waals surface area contributed by atoms with Gasteiger partial charge in [-0.1, -0.05) is 35.9 Å². The summed E-state index contributed by atoms with van der Waals surface area (Å²) in [7, 11) is -3.69. The summed E-state index contributed by atoms with van der Waals surface area (Å²) < 4.78 is 31.4. The second-order valence-electron chi connectivity index (χ2n) is 6.27. The molecule has 1 atom stereocenters. The Bertz CT molecular complexity index is 1070. The Balaban J connectivity index is 1.54. The Morgan fingerprint density at radius 3 is 2.59 bits per heavy atom. The minimum absolute atomic E-state index is 0.0669. The predicted molar refractivity (Wildman–Crippen MR) is 107 cm³/mol. The molecular formula is C19H18ClN3O5S. The molecule has 2 N–H and O–H groups in total. The molecule has 1 aliphatic rings. The van der Waals surface area contributed by atoms with Crippen LogP contribution in [-0.4, -0.2) is 38.8 Å². The van der Waals surface area contributed by atoms with Gasteiger partial charge in [-0.15, -0.1) is 0 Å². The third-order valence-electron chi connectivity index (χ3n) is 4.08. The van der Waals surface area contributed by atoms with Crippen LogP contribution >= 0.6 is 11.6 Å². The van der Waals surface area contributed by atoms with Crippen molar-refractivity contribution in [3.8, 4) is 0 Å². The van der Waals surface area contributed by atoms with Crippen molar-refractivity contribution in [1.82, 2.24) is 10.0 Å². The van der Waals surface area contributed by atoms with E-state index in [4.69, 9.17) is 16.3 Å². The fourth-order valence-corrected chi connectivity index (χ4v) is 3.95. The van der Waals surface area contributed by atoms with Crippen LogP contribution < -0.4 is 10.0 Å². The number of hydrogen-bond acceptors (Lipinski definition) is 6. The van der Waals surface area contributed by atoms with Crippen LogP contribution in [0.1, 0.15) is 18.1 Å². The topological polar surface area (TPSA) is 114 Å². The monoisotopic (exact) mass is 435 g/mol. The zero-order valence-corrected chi connectivity index (χ0v) is 17.0. The molecule has 2 aromatic rings. The number of hydrogen-bond donors (Lipinski definition) is 2. The van der Waals surface area contributed by atoms with E-state index in [1.807, 2.05) is 0 Å². The number of sulfonamides is 1. The maximum atomic E-state index is 12.1. The van der Waals surface area contributed by atoms with Crippen molar-refractivity contribution in [3.63, 3.8) is 0 Å². The first-order chi connectivity index (χ1) is 13.8. The van der Waals surface area contributed by atoms with E-state index in [0.717, 1.165) is 5.56 Å². The van der Waals surface area contributed by atoms with Gasteiger partial charge in [0.25, 0.3) is 15.9 Å². The van der Waals surface area contributed by atoms with Gasteiger partial charge in [0, 0.05) is 17.1 Å². The molecule has 0 aromatic heterocycles. The van der Waals surface area contributed by atoms with Gasteiger partial charge in [0.1, 0.15) is 11.9 Å². The Morgan fingerprint density at radius 1 is 1.17 bits per heavy atom. The molecule has 1 amide bonds. The zero-order valence-electron chi connectivity index (χ0n) is 15.4. The molecule has 152 valence electrons. The predicted octanol–water partition coefficient (Wildman–Crippen LogP) is 1.63. The van der Waals surface area contributed by atoms with Crippen molar-refractivity contribution in [3.05, 3.63) is 64.7 Å². The van der Waals surface area contributed by atoms with Crippen LogP contribution in [0.25, 0.3) is 0 Å². The van der Waals surface area contributed by atoms with Crippen LogP contribution in [0.2, 0.25) is 5.02 Å². The lowest BCUT2D eigenvalue weighted by Gasteiger charge is -2.10. The van der Waals surface area contributed by atoms with Gasteiger partial charge in [-0.2, -0.15) is 0 Å². The summed E-state index contributed by atoms with van der Waals surface area (Å²) >= 11 is 5.80. The average Bonchev–Trinajstić information content (AvgIpc) is 2.96. The Hall–Kier alpha value is -2.91. The number of nitrogens with one attached hydrogen (secondary N) is 2. The number of aliphatic imine (C=N–C) groups is 1. The summed E-state index contributed by atoms with van der Waals surface area (Å²) in [4.78, 5) is 28.2. The summed E-state index contributed by atoms with van der Waals surface area (Å²) in [5.74, 6) is -1.15. The summed E-state index contributed by atoms with van der Waals surface area (Å²) in [5.41, 5.74) is 1.23. The highest BCUT2D eigenvalue weighted by Crippen LogP contribution is 2.22. The smallest absolute Gasteiger partial charge is 0.331 e. The van der Waals surface area contributed by atoms with Crippen LogP contribution in [-0.2, 0) is 30.9 Å². The van der Waals surface area contributed by atoms with Crippen molar-refractivity contribution < 1.29 is 22.7 Å². The van der Waals surface area contributed by atoms with E-state index >= 15 is 0 Å². The molecule has 0 fully saturated rings. The highest BCUT2D eigenvalue weighted by atomic mass is 35.5. The lowest BCUT2D eigenvalue weighted by Crippen LogP contribution is -2.31. The average molecular weight is 436 g/mol. The number of fused-ring (bicyclic) bond motifs is 1. The van der Waals surface area contributed by atoms with Crippen molar-refractivity contribution in [1.29, 1.82) is 0 Å². The first-order valence-electron chi connectivity index (χ1n) is 8.64. The van der Waals surface area contributed by atoms with Gasteiger partial charge < -0.3 is 10.1 Å². The van der Waals surface area contributed by atoms with E-state index in [-0.39, 0.29) is 17.3 Å². The minimum atomic E-state index is -3.69. The zero-order chi connectivity index (χ0) is 21.0. The number of esters is 1. The van der Waals surface area contributed by atoms with Gasteiger partial charge in [-0.3, -0.25) is 14.5 Å². The standard InChI is InChI=1S/C19H18ClN3O5S/c1-12(22-18-15-4-2-3-5-16(15)29(26,27)23-18)19(25)28-11-17(24)21-10-13-6-8-14(20)9-7-13/h2-9,12H,10-11H2,1H3,(H,21,24)(H,22,23)/t12-/m1/s1. The molecule has 10 heteroatoms. The first kappa shape index (κ1) is 20.8. The van der Waals surface area contributed by atoms with E-state index in [9.17, 15) is 18.0 Å². The van der Waals surface area contributed by atoms with Crippen molar-refractivity contribution >= 4 is 39.3 Å². The summed E-state index contributed by atoms with van der Waals surface area (Å²) in [6, 6.07) is 12.3.